The van der Waals surface area contributed by atoms with Crippen LogP contribution in [0.2, 0.25) is 0 Å². The number of hydrogen-bond donors (Lipinski definition) is 2. The fourth-order valence-corrected chi connectivity index (χ4v) is 1.06. The number of halogens is 3. The topological polar surface area (TPSA) is 46.2 Å². The molecule has 1 atom stereocenters. The van der Waals surface area contributed by atoms with Gasteiger partial charge in [0.15, 0.2) is 11.6 Å². The lowest BCUT2D eigenvalue weighted by Gasteiger charge is -2.08. The molecule has 5 heteroatoms. The smallest absolute Gasteiger partial charge is 0.161 e. The highest BCUT2D eigenvalue weighted by atomic mass is 19.2. The molecule has 0 bridgehead atoms. The van der Waals surface area contributed by atoms with Crippen molar-refractivity contribution in [2.24, 2.45) is 5.73 Å². The highest BCUT2D eigenvalue weighted by Gasteiger charge is 2.12. The summed E-state index contributed by atoms with van der Waals surface area (Å²) < 4.78 is 38.1. The highest BCUT2D eigenvalue weighted by Crippen LogP contribution is 2.15. The van der Waals surface area contributed by atoms with Crippen LogP contribution in [0, 0.1) is 17.5 Å². The zero-order valence-electron chi connectivity index (χ0n) is 7.30. The van der Waals surface area contributed by atoms with Crippen molar-refractivity contribution >= 4 is 0 Å². The quantitative estimate of drug-likeness (QED) is 0.722. The summed E-state index contributed by atoms with van der Waals surface area (Å²) in [7, 11) is 0. The summed E-state index contributed by atoms with van der Waals surface area (Å²) >= 11 is 0. The van der Waals surface area contributed by atoms with Crippen LogP contribution in [0.4, 0.5) is 13.2 Å². The molecule has 1 rings (SSSR count). The fraction of sp³-hybridized carbons (Fsp3) is 0.333. The molecule has 3 N–H and O–H groups in total. The Balaban J connectivity index is 2.92. The van der Waals surface area contributed by atoms with Crippen LogP contribution < -0.4 is 5.73 Å². The maximum absolute atomic E-state index is 13.0. The number of benzene rings is 1. The lowest BCUT2D eigenvalue weighted by molar-refractivity contribution is 0.182. The van der Waals surface area contributed by atoms with Crippen LogP contribution in [0.25, 0.3) is 0 Å². The van der Waals surface area contributed by atoms with Gasteiger partial charge in [0.1, 0.15) is 5.82 Å². The summed E-state index contributed by atoms with van der Waals surface area (Å²) in [6.45, 7) is -0.0571. The van der Waals surface area contributed by atoms with E-state index in [1.807, 2.05) is 0 Å². The van der Waals surface area contributed by atoms with Crippen molar-refractivity contribution in [1.82, 2.24) is 0 Å². The van der Waals surface area contributed by atoms with Gasteiger partial charge in [0.25, 0.3) is 0 Å². The average Bonchev–Trinajstić information content (AvgIpc) is 2.14. The van der Waals surface area contributed by atoms with Gasteiger partial charge in [-0.1, -0.05) is 0 Å². The summed E-state index contributed by atoms with van der Waals surface area (Å²) in [5.41, 5.74) is 5.02. The third kappa shape index (κ3) is 2.46. The van der Waals surface area contributed by atoms with Crippen molar-refractivity contribution in [3.8, 4) is 0 Å². The van der Waals surface area contributed by atoms with Gasteiger partial charge in [-0.3, -0.25) is 0 Å². The standard InChI is InChI=1S/C9H10F3NO/c10-7-3-9(12)8(11)2-5(7)1-6(14)4-13/h2-3,6,14H,1,4,13H2/t6-/m0/s1. The van der Waals surface area contributed by atoms with Crippen LogP contribution in [0.1, 0.15) is 5.56 Å². The van der Waals surface area contributed by atoms with Gasteiger partial charge in [0, 0.05) is 19.0 Å². The van der Waals surface area contributed by atoms with Gasteiger partial charge < -0.3 is 10.8 Å². The highest BCUT2D eigenvalue weighted by molar-refractivity contribution is 5.20. The Labute approximate surface area is 79.2 Å². The van der Waals surface area contributed by atoms with Crippen LogP contribution >= 0.6 is 0 Å². The van der Waals surface area contributed by atoms with E-state index in [1.54, 1.807) is 0 Å². The van der Waals surface area contributed by atoms with E-state index in [2.05, 4.69) is 0 Å². The van der Waals surface area contributed by atoms with Crippen molar-refractivity contribution in [1.29, 1.82) is 0 Å². The van der Waals surface area contributed by atoms with Crippen molar-refractivity contribution in [2.75, 3.05) is 6.54 Å². The minimum Gasteiger partial charge on any atom is -0.391 e. The van der Waals surface area contributed by atoms with Gasteiger partial charge >= 0.3 is 0 Å². The largest absolute Gasteiger partial charge is 0.391 e. The molecule has 78 valence electrons. The molecule has 0 spiro atoms. The molecular weight excluding hydrogens is 195 g/mol. The van der Waals surface area contributed by atoms with Crippen LogP contribution in [0.3, 0.4) is 0 Å². The Morgan fingerprint density at radius 1 is 1.14 bits per heavy atom. The van der Waals surface area contributed by atoms with E-state index in [1.165, 1.54) is 0 Å². The Morgan fingerprint density at radius 3 is 2.29 bits per heavy atom. The third-order valence-electron chi connectivity index (χ3n) is 1.82. The molecule has 0 aliphatic carbocycles. The summed E-state index contributed by atoms with van der Waals surface area (Å²) in [6, 6.07) is 1.18. The first-order valence-corrected chi connectivity index (χ1v) is 4.06. The van der Waals surface area contributed by atoms with E-state index in [0.29, 0.717) is 6.07 Å². The monoisotopic (exact) mass is 205 g/mol. The van der Waals surface area contributed by atoms with Gasteiger partial charge in [-0.05, 0) is 11.6 Å². The van der Waals surface area contributed by atoms with Gasteiger partial charge in [0.2, 0.25) is 0 Å². The molecule has 14 heavy (non-hydrogen) atoms. The van der Waals surface area contributed by atoms with Gasteiger partial charge in [-0.25, -0.2) is 13.2 Å². The van der Waals surface area contributed by atoms with E-state index in [0.717, 1.165) is 6.07 Å². The SMILES string of the molecule is NC[C@@H](O)Cc1cc(F)c(F)cc1F. The number of rotatable bonds is 3. The summed E-state index contributed by atoms with van der Waals surface area (Å²) in [6.07, 6.45) is -1.08. The van der Waals surface area contributed by atoms with Crippen molar-refractivity contribution in [2.45, 2.75) is 12.5 Å². The van der Waals surface area contributed by atoms with E-state index < -0.39 is 23.6 Å². The number of nitrogens with two attached hydrogens (primary N) is 1. The molecule has 0 aromatic heterocycles. The molecule has 0 radical (unpaired) electrons. The van der Waals surface area contributed by atoms with Crippen LogP contribution in [-0.2, 0) is 6.42 Å². The normalized spacial score (nSPS) is 12.9. The maximum atomic E-state index is 13.0. The van der Waals surface area contributed by atoms with Crippen molar-refractivity contribution in [3.63, 3.8) is 0 Å². The number of aliphatic hydroxyl groups excluding tert-OH is 1. The van der Waals surface area contributed by atoms with E-state index in [-0.39, 0.29) is 18.5 Å². The predicted octanol–water partition coefficient (Wildman–Crippen LogP) is 0.966. The zero-order chi connectivity index (χ0) is 10.7. The minimum atomic E-state index is -1.24. The first-order valence-electron chi connectivity index (χ1n) is 4.06. The molecular formula is C9H10F3NO. The van der Waals surface area contributed by atoms with E-state index in [9.17, 15) is 13.2 Å². The molecule has 0 aliphatic heterocycles. The maximum Gasteiger partial charge on any atom is 0.161 e. The second-order valence-electron chi connectivity index (χ2n) is 2.95. The Bertz CT molecular complexity index is 330. The van der Waals surface area contributed by atoms with Crippen LogP contribution in [0.5, 0.6) is 0 Å². The lowest BCUT2D eigenvalue weighted by atomic mass is 10.1. The van der Waals surface area contributed by atoms with Crippen LogP contribution in [0.15, 0.2) is 12.1 Å². The molecule has 0 amide bonds. The fourth-order valence-electron chi connectivity index (χ4n) is 1.06. The molecule has 0 fully saturated rings. The van der Waals surface area contributed by atoms with Gasteiger partial charge in [-0.2, -0.15) is 0 Å². The number of hydrogen-bond acceptors (Lipinski definition) is 2. The second-order valence-corrected chi connectivity index (χ2v) is 2.95. The summed E-state index contributed by atoms with van der Waals surface area (Å²) in [5, 5.41) is 9.09. The molecule has 1 aromatic carbocycles. The Kier molecular flexibility index (Phi) is 3.49. The van der Waals surface area contributed by atoms with Crippen LogP contribution in [-0.4, -0.2) is 17.8 Å². The first-order chi connectivity index (χ1) is 6.54. The zero-order valence-corrected chi connectivity index (χ0v) is 7.30. The molecule has 0 unspecified atom stereocenters. The van der Waals surface area contributed by atoms with Crippen molar-refractivity contribution < 1.29 is 18.3 Å². The predicted molar refractivity (Wildman–Crippen MR) is 45.1 cm³/mol. The second kappa shape index (κ2) is 4.43. The average molecular weight is 205 g/mol. The molecule has 1 aromatic rings. The third-order valence-corrected chi connectivity index (χ3v) is 1.82. The first kappa shape index (κ1) is 11.0. The van der Waals surface area contributed by atoms with E-state index in [4.69, 9.17) is 10.8 Å². The Morgan fingerprint density at radius 2 is 1.71 bits per heavy atom. The molecule has 2 nitrogen and oxygen atoms in total. The molecule has 0 saturated carbocycles. The number of aliphatic hydroxyl groups is 1. The minimum absolute atomic E-state index is 0.0571. The van der Waals surface area contributed by atoms with Crippen molar-refractivity contribution in [3.05, 3.63) is 35.1 Å². The van der Waals surface area contributed by atoms with E-state index >= 15 is 0 Å². The van der Waals surface area contributed by atoms with Gasteiger partial charge in [0.05, 0.1) is 6.10 Å². The summed E-state index contributed by atoms with van der Waals surface area (Å²) in [5.74, 6) is -3.25. The lowest BCUT2D eigenvalue weighted by Crippen LogP contribution is -2.22. The molecule has 0 saturated heterocycles. The summed E-state index contributed by atoms with van der Waals surface area (Å²) in [4.78, 5) is 0. The van der Waals surface area contributed by atoms with Gasteiger partial charge in [-0.15, -0.1) is 0 Å². The molecule has 0 aliphatic rings. The Hall–Kier alpha value is -1.07. The molecule has 0 heterocycles.